The summed E-state index contributed by atoms with van der Waals surface area (Å²) >= 11 is 6.17. The van der Waals surface area contributed by atoms with Crippen LogP contribution in [0.2, 0.25) is 5.02 Å². The van der Waals surface area contributed by atoms with E-state index in [9.17, 15) is 9.18 Å². The first-order valence-electron chi connectivity index (χ1n) is 7.07. The van der Waals surface area contributed by atoms with Gasteiger partial charge in [0.1, 0.15) is 5.82 Å². The summed E-state index contributed by atoms with van der Waals surface area (Å²) in [6, 6.07) is 13.9. The summed E-state index contributed by atoms with van der Waals surface area (Å²) in [5.41, 5.74) is 2.55. The van der Waals surface area contributed by atoms with E-state index in [1.165, 1.54) is 12.1 Å². The SMILES string of the molecule is O=C1CC(c2cccc(F)c2)=CN(Cc2ccccc2Cl)C1. The lowest BCUT2D eigenvalue weighted by Gasteiger charge is -2.26. The molecule has 0 aliphatic carbocycles. The molecule has 0 aromatic heterocycles. The van der Waals surface area contributed by atoms with E-state index in [-0.39, 0.29) is 11.6 Å². The summed E-state index contributed by atoms with van der Waals surface area (Å²) in [5, 5.41) is 0.682. The highest BCUT2D eigenvalue weighted by molar-refractivity contribution is 6.31. The Morgan fingerprint density at radius 1 is 1.14 bits per heavy atom. The fraction of sp³-hybridized carbons (Fsp3) is 0.167. The van der Waals surface area contributed by atoms with Crippen LogP contribution in [0.5, 0.6) is 0 Å². The molecule has 4 heteroatoms. The molecule has 112 valence electrons. The van der Waals surface area contributed by atoms with E-state index in [1.54, 1.807) is 6.07 Å². The average Bonchev–Trinajstić information content (AvgIpc) is 2.49. The highest BCUT2D eigenvalue weighted by Crippen LogP contribution is 2.26. The normalized spacial score (nSPS) is 14.9. The first-order valence-corrected chi connectivity index (χ1v) is 7.45. The Morgan fingerprint density at radius 2 is 1.95 bits per heavy atom. The van der Waals surface area contributed by atoms with Gasteiger partial charge in [0.2, 0.25) is 0 Å². The van der Waals surface area contributed by atoms with Crippen LogP contribution in [0.15, 0.2) is 54.7 Å². The number of rotatable bonds is 3. The summed E-state index contributed by atoms with van der Waals surface area (Å²) in [7, 11) is 0. The summed E-state index contributed by atoms with van der Waals surface area (Å²) < 4.78 is 13.4. The Bertz CT molecular complexity index is 741. The van der Waals surface area contributed by atoms with Crippen molar-refractivity contribution in [2.24, 2.45) is 0 Å². The number of carbonyl (C=O) groups excluding carboxylic acids is 1. The molecule has 0 saturated heterocycles. The van der Waals surface area contributed by atoms with Crippen LogP contribution in [0.1, 0.15) is 17.5 Å². The maximum atomic E-state index is 13.4. The number of benzene rings is 2. The average molecular weight is 316 g/mol. The molecule has 0 radical (unpaired) electrons. The number of nitrogens with zero attached hydrogens (tertiary/aromatic N) is 1. The molecule has 0 N–H and O–H groups in total. The molecule has 0 fully saturated rings. The Hall–Kier alpha value is -2.13. The zero-order chi connectivity index (χ0) is 15.5. The fourth-order valence-electron chi connectivity index (χ4n) is 2.62. The molecule has 1 aliphatic rings. The minimum atomic E-state index is -0.297. The Balaban J connectivity index is 1.87. The molecule has 0 atom stereocenters. The molecule has 0 bridgehead atoms. The van der Waals surface area contributed by atoms with Crippen molar-refractivity contribution in [1.82, 2.24) is 4.90 Å². The molecule has 2 aromatic carbocycles. The first-order chi connectivity index (χ1) is 10.6. The van der Waals surface area contributed by atoms with Gasteiger partial charge in [-0.3, -0.25) is 4.79 Å². The molecule has 22 heavy (non-hydrogen) atoms. The number of hydrogen-bond donors (Lipinski definition) is 0. The van der Waals surface area contributed by atoms with E-state index >= 15 is 0 Å². The van der Waals surface area contributed by atoms with Gasteiger partial charge in [-0.05, 0) is 34.9 Å². The predicted octanol–water partition coefficient (Wildman–Crippen LogP) is 4.30. The second kappa shape index (κ2) is 6.32. The third kappa shape index (κ3) is 3.37. The second-order valence-electron chi connectivity index (χ2n) is 5.38. The number of hydrogen-bond acceptors (Lipinski definition) is 2. The lowest BCUT2D eigenvalue weighted by molar-refractivity contribution is -0.119. The third-order valence-electron chi connectivity index (χ3n) is 3.63. The maximum Gasteiger partial charge on any atom is 0.156 e. The van der Waals surface area contributed by atoms with E-state index < -0.39 is 0 Å². The van der Waals surface area contributed by atoms with Gasteiger partial charge in [0.05, 0.1) is 6.54 Å². The molecule has 0 unspecified atom stereocenters. The maximum absolute atomic E-state index is 13.4. The molecular weight excluding hydrogens is 301 g/mol. The fourth-order valence-corrected chi connectivity index (χ4v) is 2.81. The van der Waals surface area contributed by atoms with Crippen molar-refractivity contribution < 1.29 is 9.18 Å². The van der Waals surface area contributed by atoms with Crippen LogP contribution < -0.4 is 0 Å². The van der Waals surface area contributed by atoms with Gasteiger partial charge in [-0.2, -0.15) is 0 Å². The van der Waals surface area contributed by atoms with Crippen molar-refractivity contribution in [1.29, 1.82) is 0 Å². The van der Waals surface area contributed by atoms with Crippen molar-refractivity contribution in [3.8, 4) is 0 Å². The summed E-state index contributed by atoms with van der Waals surface area (Å²) in [6.45, 7) is 0.911. The number of Topliss-reactive ketones (excluding diaryl/α,β-unsaturated/α-hetero) is 1. The largest absolute Gasteiger partial charge is 0.365 e. The van der Waals surface area contributed by atoms with Gasteiger partial charge in [0.25, 0.3) is 0 Å². The van der Waals surface area contributed by atoms with Crippen LogP contribution in [0.3, 0.4) is 0 Å². The van der Waals surface area contributed by atoms with Crippen LogP contribution in [-0.4, -0.2) is 17.2 Å². The van der Waals surface area contributed by atoms with Gasteiger partial charge >= 0.3 is 0 Å². The Morgan fingerprint density at radius 3 is 2.73 bits per heavy atom. The molecular formula is C18H15ClFNO. The molecule has 1 heterocycles. The minimum Gasteiger partial charge on any atom is -0.365 e. The van der Waals surface area contributed by atoms with Crippen LogP contribution >= 0.6 is 11.6 Å². The summed E-state index contributed by atoms with van der Waals surface area (Å²) in [4.78, 5) is 13.9. The highest BCUT2D eigenvalue weighted by atomic mass is 35.5. The van der Waals surface area contributed by atoms with E-state index in [4.69, 9.17) is 11.6 Å². The Kier molecular flexibility index (Phi) is 4.25. The minimum absolute atomic E-state index is 0.119. The van der Waals surface area contributed by atoms with Crippen molar-refractivity contribution in [3.05, 3.63) is 76.7 Å². The van der Waals surface area contributed by atoms with Gasteiger partial charge in [0.15, 0.2) is 5.78 Å². The van der Waals surface area contributed by atoms with Gasteiger partial charge in [0, 0.05) is 24.2 Å². The molecule has 1 aliphatic heterocycles. The van der Waals surface area contributed by atoms with Crippen LogP contribution in [0.4, 0.5) is 4.39 Å². The molecule has 0 spiro atoms. The van der Waals surface area contributed by atoms with Crippen LogP contribution in [0.25, 0.3) is 5.57 Å². The lowest BCUT2D eigenvalue weighted by atomic mass is 9.98. The van der Waals surface area contributed by atoms with E-state index in [0.717, 1.165) is 16.7 Å². The zero-order valence-electron chi connectivity index (χ0n) is 11.9. The second-order valence-corrected chi connectivity index (χ2v) is 5.78. The third-order valence-corrected chi connectivity index (χ3v) is 4.00. The van der Waals surface area contributed by atoms with Crippen LogP contribution in [-0.2, 0) is 11.3 Å². The molecule has 3 rings (SSSR count). The van der Waals surface area contributed by atoms with Gasteiger partial charge < -0.3 is 4.90 Å². The smallest absolute Gasteiger partial charge is 0.156 e. The number of allylic oxidation sites excluding steroid dienone is 1. The first kappa shape index (κ1) is 14.8. The number of ketones is 1. The van der Waals surface area contributed by atoms with Gasteiger partial charge in [-0.25, -0.2) is 4.39 Å². The highest BCUT2D eigenvalue weighted by Gasteiger charge is 2.19. The van der Waals surface area contributed by atoms with Gasteiger partial charge in [-0.15, -0.1) is 0 Å². The molecule has 0 amide bonds. The molecule has 2 aromatic rings. The predicted molar refractivity (Wildman–Crippen MR) is 85.9 cm³/mol. The van der Waals surface area contributed by atoms with Crippen LogP contribution in [0, 0.1) is 5.82 Å². The van der Waals surface area contributed by atoms with E-state index in [1.807, 2.05) is 41.4 Å². The number of carbonyl (C=O) groups is 1. The molecule has 2 nitrogen and oxygen atoms in total. The number of halogens is 2. The monoisotopic (exact) mass is 315 g/mol. The standard InChI is InChI=1S/C18H15ClFNO/c19-18-7-2-1-4-14(18)10-21-11-15(9-17(22)12-21)13-5-3-6-16(20)8-13/h1-8,11H,9-10,12H2. The summed E-state index contributed by atoms with van der Waals surface area (Å²) in [5.74, 6) is -0.178. The topological polar surface area (TPSA) is 20.3 Å². The Labute approximate surface area is 133 Å². The lowest BCUT2D eigenvalue weighted by Crippen LogP contribution is -2.29. The van der Waals surface area contributed by atoms with Crippen molar-refractivity contribution in [2.45, 2.75) is 13.0 Å². The van der Waals surface area contributed by atoms with E-state index in [0.29, 0.717) is 24.5 Å². The quantitative estimate of drug-likeness (QED) is 0.842. The van der Waals surface area contributed by atoms with E-state index in [2.05, 4.69) is 0 Å². The van der Waals surface area contributed by atoms with Gasteiger partial charge in [-0.1, -0.05) is 41.9 Å². The van der Waals surface area contributed by atoms with Crippen molar-refractivity contribution in [3.63, 3.8) is 0 Å². The van der Waals surface area contributed by atoms with Crippen molar-refractivity contribution >= 4 is 23.0 Å². The molecule has 0 saturated carbocycles. The van der Waals surface area contributed by atoms with Crippen molar-refractivity contribution in [2.75, 3.05) is 6.54 Å². The summed E-state index contributed by atoms with van der Waals surface area (Å²) in [6.07, 6.45) is 2.27. The zero-order valence-corrected chi connectivity index (χ0v) is 12.7.